The van der Waals surface area contributed by atoms with Crippen LogP contribution in [0.15, 0.2) is 42.6 Å². The summed E-state index contributed by atoms with van der Waals surface area (Å²) in [6.45, 7) is 0.238. The van der Waals surface area contributed by atoms with E-state index in [-0.39, 0.29) is 36.3 Å². The van der Waals surface area contributed by atoms with Crippen LogP contribution in [0.5, 0.6) is 5.75 Å². The van der Waals surface area contributed by atoms with Crippen molar-refractivity contribution < 1.29 is 14.7 Å². The van der Waals surface area contributed by atoms with Crippen LogP contribution in [0, 0.1) is 5.92 Å². The Morgan fingerprint density at radius 2 is 2.09 bits per heavy atom. The fourth-order valence-corrected chi connectivity index (χ4v) is 2.74. The van der Waals surface area contributed by atoms with Crippen LogP contribution in [0.4, 0.5) is 11.5 Å². The van der Waals surface area contributed by atoms with Gasteiger partial charge < -0.3 is 15.3 Å². The number of hydrogen-bond donors (Lipinski definition) is 2. The number of aromatic nitrogens is 1. The number of carbonyl (C=O) groups excluding carboxylic acids is 2. The van der Waals surface area contributed by atoms with Gasteiger partial charge in [0.25, 0.3) is 0 Å². The van der Waals surface area contributed by atoms with Crippen LogP contribution >= 0.6 is 11.6 Å². The van der Waals surface area contributed by atoms with Crippen molar-refractivity contribution in [1.29, 1.82) is 0 Å². The van der Waals surface area contributed by atoms with Gasteiger partial charge in [0.05, 0.1) is 16.6 Å². The normalized spacial score (nSPS) is 17.3. The number of pyridine rings is 1. The van der Waals surface area contributed by atoms with Gasteiger partial charge in [-0.25, -0.2) is 4.98 Å². The average molecular weight is 332 g/mol. The molecule has 23 heavy (non-hydrogen) atoms. The smallest absolute Gasteiger partial charge is 0.231 e. The Balaban J connectivity index is 1.74. The van der Waals surface area contributed by atoms with Gasteiger partial charge in [-0.1, -0.05) is 23.7 Å². The molecule has 118 valence electrons. The van der Waals surface area contributed by atoms with Crippen molar-refractivity contribution in [2.45, 2.75) is 6.42 Å². The topological polar surface area (TPSA) is 82.5 Å². The third-order valence-corrected chi connectivity index (χ3v) is 3.99. The third-order valence-electron chi connectivity index (χ3n) is 3.67. The van der Waals surface area contributed by atoms with Gasteiger partial charge in [0, 0.05) is 19.2 Å². The number of aromatic hydroxyl groups is 1. The van der Waals surface area contributed by atoms with Crippen molar-refractivity contribution in [3.05, 3.63) is 47.6 Å². The molecule has 6 nitrogen and oxygen atoms in total. The van der Waals surface area contributed by atoms with Gasteiger partial charge in [-0.15, -0.1) is 0 Å². The van der Waals surface area contributed by atoms with E-state index in [1.165, 1.54) is 17.2 Å². The zero-order valence-corrected chi connectivity index (χ0v) is 12.8. The Morgan fingerprint density at radius 3 is 2.83 bits per heavy atom. The van der Waals surface area contributed by atoms with Gasteiger partial charge in [0.2, 0.25) is 11.8 Å². The van der Waals surface area contributed by atoms with E-state index < -0.39 is 5.92 Å². The Hall–Kier alpha value is -2.60. The number of nitrogens with zero attached hydrogens (tertiary/aromatic N) is 2. The second-order valence-corrected chi connectivity index (χ2v) is 5.62. The molecule has 1 aromatic carbocycles. The average Bonchev–Trinajstić information content (AvgIpc) is 2.92. The molecule has 1 aliphatic heterocycles. The lowest BCUT2D eigenvalue weighted by molar-refractivity contribution is -0.122. The van der Waals surface area contributed by atoms with Gasteiger partial charge in [-0.05, 0) is 24.3 Å². The molecule has 1 saturated heterocycles. The molecule has 0 radical (unpaired) electrons. The molecular weight excluding hydrogens is 318 g/mol. The Bertz CT molecular complexity index is 766. The number of rotatable bonds is 3. The van der Waals surface area contributed by atoms with Gasteiger partial charge in [-0.2, -0.15) is 0 Å². The first-order valence-electron chi connectivity index (χ1n) is 7.06. The van der Waals surface area contributed by atoms with Crippen LogP contribution in [0.25, 0.3) is 0 Å². The van der Waals surface area contributed by atoms with Crippen LogP contribution in [-0.2, 0) is 9.59 Å². The third kappa shape index (κ3) is 3.12. The van der Waals surface area contributed by atoms with Gasteiger partial charge >= 0.3 is 0 Å². The summed E-state index contributed by atoms with van der Waals surface area (Å²) in [4.78, 5) is 29.9. The second-order valence-electron chi connectivity index (χ2n) is 5.22. The first-order chi connectivity index (χ1) is 11.1. The van der Waals surface area contributed by atoms with E-state index in [2.05, 4.69) is 10.3 Å². The van der Waals surface area contributed by atoms with E-state index >= 15 is 0 Å². The molecule has 2 N–H and O–H groups in total. The Kier molecular flexibility index (Phi) is 4.16. The highest BCUT2D eigenvalue weighted by atomic mass is 35.5. The standard InChI is InChI=1S/C16H14ClN3O3/c17-11-4-1-2-5-12(11)20-9-10(8-14(20)22)16(23)19-15-13(21)6-3-7-18-15/h1-7,10,21H,8-9H2,(H,18,19,23). The van der Waals surface area contributed by atoms with E-state index in [9.17, 15) is 14.7 Å². The predicted octanol–water partition coefficient (Wildman–Crippen LogP) is 2.43. The number of carbonyl (C=O) groups is 2. The van der Waals surface area contributed by atoms with Crippen molar-refractivity contribution >= 4 is 34.9 Å². The molecule has 2 aromatic rings. The summed E-state index contributed by atoms with van der Waals surface area (Å²) in [6, 6.07) is 9.99. The van der Waals surface area contributed by atoms with Crippen molar-refractivity contribution in [3.63, 3.8) is 0 Å². The molecule has 2 amide bonds. The van der Waals surface area contributed by atoms with Crippen LogP contribution in [0.2, 0.25) is 5.02 Å². The fraction of sp³-hybridized carbons (Fsp3) is 0.188. The van der Waals surface area contributed by atoms with Crippen LogP contribution in [0.3, 0.4) is 0 Å². The van der Waals surface area contributed by atoms with Crippen molar-refractivity contribution in [2.75, 3.05) is 16.8 Å². The Morgan fingerprint density at radius 1 is 1.30 bits per heavy atom. The molecule has 3 rings (SSSR count). The molecule has 1 aromatic heterocycles. The lowest BCUT2D eigenvalue weighted by Gasteiger charge is -2.18. The molecule has 0 aliphatic carbocycles. The first-order valence-corrected chi connectivity index (χ1v) is 7.44. The molecule has 1 unspecified atom stereocenters. The highest BCUT2D eigenvalue weighted by Gasteiger charge is 2.36. The molecule has 1 aliphatic rings. The quantitative estimate of drug-likeness (QED) is 0.905. The lowest BCUT2D eigenvalue weighted by atomic mass is 10.1. The van der Waals surface area contributed by atoms with Crippen LogP contribution < -0.4 is 10.2 Å². The summed E-state index contributed by atoms with van der Waals surface area (Å²) in [5, 5.41) is 12.7. The zero-order valence-electron chi connectivity index (χ0n) is 12.1. The maximum absolute atomic E-state index is 12.3. The fourth-order valence-electron chi connectivity index (χ4n) is 2.50. The van der Waals surface area contributed by atoms with Gasteiger partial charge in [-0.3, -0.25) is 9.59 Å². The molecule has 0 spiro atoms. The number of nitrogens with one attached hydrogen (secondary N) is 1. The molecule has 7 heteroatoms. The van der Waals surface area contributed by atoms with Crippen molar-refractivity contribution in [1.82, 2.24) is 4.98 Å². The predicted molar refractivity (Wildman–Crippen MR) is 86.4 cm³/mol. The maximum Gasteiger partial charge on any atom is 0.231 e. The van der Waals surface area contributed by atoms with E-state index in [1.807, 2.05) is 0 Å². The summed E-state index contributed by atoms with van der Waals surface area (Å²) in [7, 11) is 0. The minimum atomic E-state index is -0.528. The van der Waals surface area contributed by atoms with E-state index in [0.29, 0.717) is 10.7 Å². The summed E-state index contributed by atoms with van der Waals surface area (Å²) in [5.74, 6) is -1.08. The number of halogens is 1. The Labute approximate surface area is 137 Å². The highest BCUT2D eigenvalue weighted by molar-refractivity contribution is 6.33. The molecule has 1 atom stereocenters. The zero-order chi connectivity index (χ0) is 16.4. The minimum absolute atomic E-state index is 0.0844. The molecular formula is C16H14ClN3O3. The minimum Gasteiger partial charge on any atom is -0.504 e. The monoisotopic (exact) mass is 331 g/mol. The summed E-state index contributed by atoms with van der Waals surface area (Å²) < 4.78 is 0. The first kappa shape index (κ1) is 15.3. The second kappa shape index (κ2) is 6.26. The summed E-state index contributed by atoms with van der Waals surface area (Å²) in [5.41, 5.74) is 0.593. The lowest BCUT2D eigenvalue weighted by Crippen LogP contribution is -2.28. The molecule has 0 saturated carbocycles. The molecule has 1 fully saturated rings. The number of para-hydroxylation sites is 1. The van der Waals surface area contributed by atoms with Crippen molar-refractivity contribution in [2.24, 2.45) is 5.92 Å². The maximum atomic E-state index is 12.3. The van der Waals surface area contributed by atoms with E-state index in [0.717, 1.165) is 0 Å². The number of anilines is 2. The summed E-state index contributed by atoms with van der Waals surface area (Å²) in [6.07, 6.45) is 1.55. The number of benzene rings is 1. The van der Waals surface area contributed by atoms with Crippen LogP contribution in [0.1, 0.15) is 6.42 Å². The van der Waals surface area contributed by atoms with Gasteiger partial charge in [0.15, 0.2) is 11.6 Å². The largest absolute Gasteiger partial charge is 0.504 e. The highest BCUT2D eigenvalue weighted by Crippen LogP contribution is 2.31. The SMILES string of the molecule is O=C(Nc1ncccc1O)C1CC(=O)N(c2ccccc2Cl)C1. The molecule has 0 bridgehead atoms. The number of amides is 2. The van der Waals surface area contributed by atoms with Gasteiger partial charge in [0.1, 0.15) is 0 Å². The summed E-state index contributed by atoms with van der Waals surface area (Å²) >= 11 is 6.11. The molecule has 2 heterocycles. The van der Waals surface area contributed by atoms with E-state index in [4.69, 9.17) is 11.6 Å². The van der Waals surface area contributed by atoms with Crippen molar-refractivity contribution in [3.8, 4) is 5.75 Å². The number of hydrogen-bond acceptors (Lipinski definition) is 4. The van der Waals surface area contributed by atoms with E-state index in [1.54, 1.807) is 30.3 Å². The van der Waals surface area contributed by atoms with Crippen LogP contribution in [-0.4, -0.2) is 28.4 Å².